The smallest absolute Gasteiger partial charge is 0.277 e. The Balaban J connectivity index is 1.86. The molecule has 0 unspecified atom stereocenters. The first-order valence-electron chi connectivity index (χ1n) is 7.28. The highest BCUT2D eigenvalue weighted by atomic mass is 16.5. The highest BCUT2D eigenvalue weighted by molar-refractivity contribution is 5.85. The molecule has 0 saturated heterocycles. The summed E-state index contributed by atoms with van der Waals surface area (Å²) in [5, 5.41) is 13.7. The molecule has 0 aliphatic heterocycles. The Bertz CT molecular complexity index is 739. The summed E-state index contributed by atoms with van der Waals surface area (Å²) < 4.78 is 5.41. The maximum absolute atomic E-state index is 11.7. The fourth-order valence-electron chi connectivity index (χ4n) is 1.94. The van der Waals surface area contributed by atoms with E-state index in [1.807, 2.05) is 32.0 Å². The second-order valence-corrected chi connectivity index (χ2v) is 5.34. The quantitative estimate of drug-likeness (QED) is 0.659. The van der Waals surface area contributed by atoms with Crippen LogP contribution in [0.3, 0.4) is 0 Å². The average molecular weight is 312 g/mol. The predicted octanol–water partition coefficient (Wildman–Crippen LogP) is 2.85. The van der Waals surface area contributed by atoms with Crippen molar-refractivity contribution in [1.82, 2.24) is 5.43 Å². The number of carbonyl (C=O) groups is 1. The third-order valence-corrected chi connectivity index (χ3v) is 3.51. The van der Waals surface area contributed by atoms with Gasteiger partial charge in [-0.2, -0.15) is 5.10 Å². The first-order chi connectivity index (χ1) is 11.0. The second-order valence-electron chi connectivity index (χ2n) is 5.34. The molecule has 0 saturated carbocycles. The fraction of sp³-hybridized carbons (Fsp3) is 0.222. The summed E-state index contributed by atoms with van der Waals surface area (Å²) in [5.74, 6) is 0.423. The zero-order chi connectivity index (χ0) is 16.8. The van der Waals surface area contributed by atoms with Crippen molar-refractivity contribution < 1.29 is 14.6 Å². The number of aromatic hydroxyl groups is 1. The van der Waals surface area contributed by atoms with Gasteiger partial charge in [-0.15, -0.1) is 0 Å². The molecule has 2 aromatic rings. The molecule has 120 valence electrons. The van der Waals surface area contributed by atoms with E-state index in [1.165, 1.54) is 11.8 Å². The van der Waals surface area contributed by atoms with Crippen molar-refractivity contribution in [3.05, 3.63) is 58.7 Å². The molecule has 0 aliphatic carbocycles. The van der Waals surface area contributed by atoms with Gasteiger partial charge in [0.25, 0.3) is 5.91 Å². The molecule has 0 bridgehead atoms. The number of nitrogens with zero attached hydrogens (tertiary/aromatic N) is 1. The Morgan fingerprint density at radius 1 is 1.17 bits per heavy atom. The van der Waals surface area contributed by atoms with Crippen molar-refractivity contribution in [2.24, 2.45) is 5.10 Å². The molecule has 1 amide bonds. The number of carbonyl (C=O) groups excluding carboxylic acids is 1. The van der Waals surface area contributed by atoms with Crippen molar-refractivity contribution in [2.45, 2.75) is 20.8 Å². The largest absolute Gasteiger partial charge is 0.507 e. The molecule has 2 rings (SSSR count). The summed E-state index contributed by atoms with van der Waals surface area (Å²) in [4.78, 5) is 11.7. The van der Waals surface area contributed by atoms with Gasteiger partial charge in [0.15, 0.2) is 6.61 Å². The van der Waals surface area contributed by atoms with E-state index >= 15 is 0 Å². The van der Waals surface area contributed by atoms with Gasteiger partial charge in [-0.05, 0) is 55.7 Å². The first kappa shape index (κ1) is 16.5. The van der Waals surface area contributed by atoms with Gasteiger partial charge in [0.2, 0.25) is 0 Å². The summed E-state index contributed by atoms with van der Waals surface area (Å²) in [7, 11) is 0. The molecule has 0 aliphatic rings. The van der Waals surface area contributed by atoms with Crippen LogP contribution in [0.15, 0.2) is 41.5 Å². The molecular weight excluding hydrogens is 292 g/mol. The number of ether oxygens (including phenoxy) is 1. The molecule has 0 aromatic heterocycles. The number of hydrogen-bond acceptors (Lipinski definition) is 4. The molecule has 5 nitrogen and oxygen atoms in total. The monoisotopic (exact) mass is 312 g/mol. The molecule has 5 heteroatoms. The number of aryl methyl sites for hydroxylation is 3. The van der Waals surface area contributed by atoms with Gasteiger partial charge in [-0.1, -0.05) is 18.2 Å². The molecule has 0 spiro atoms. The summed E-state index contributed by atoms with van der Waals surface area (Å²) in [5.41, 5.74) is 5.94. The molecule has 23 heavy (non-hydrogen) atoms. The van der Waals surface area contributed by atoms with Crippen LogP contribution in [0.5, 0.6) is 11.5 Å². The zero-order valence-corrected chi connectivity index (χ0v) is 13.5. The Morgan fingerprint density at radius 3 is 2.70 bits per heavy atom. The minimum Gasteiger partial charge on any atom is -0.507 e. The average Bonchev–Trinajstić information content (AvgIpc) is 2.52. The number of phenols is 1. The normalized spacial score (nSPS) is 10.7. The van der Waals surface area contributed by atoms with Crippen molar-refractivity contribution in [3.63, 3.8) is 0 Å². The molecule has 2 N–H and O–H groups in total. The van der Waals surface area contributed by atoms with Crippen LogP contribution in [0.1, 0.15) is 22.3 Å². The number of phenolic OH excluding ortho intramolecular Hbond substituents is 1. The molecule has 0 heterocycles. The number of rotatable bonds is 5. The van der Waals surface area contributed by atoms with Crippen molar-refractivity contribution in [3.8, 4) is 11.5 Å². The topological polar surface area (TPSA) is 70.9 Å². The lowest BCUT2D eigenvalue weighted by atomic mass is 10.1. The van der Waals surface area contributed by atoms with E-state index in [0.717, 1.165) is 11.1 Å². The lowest BCUT2D eigenvalue weighted by Crippen LogP contribution is -2.24. The van der Waals surface area contributed by atoms with Gasteiger partial charge in [0.1, 0.15) is 11.5 Å². The minimum absolute atomic E-state index is 0.125. The zero-order valence-electron chi connectivity index (χ0n) is 13.5. The second kappa shape index (κ2) is 7.45. The number of benzene rings is 2. The maximum Gasteiger partial charge on any atom is 0.277 e. The Kier molecular flexibility index (Phi) is 5.36. The first-order valence-corrected chi connectivity index (χ1v) is 7.28. The minimum atomic E-state index is -0.369. The SMILES string of the molecule is Cc1ccc(OCC(=O)NN=Cc2cccc(C)c2O)cc1C. The fourth-order valence-corrected chi connectivity index (χ4v) is 1.94. The van der Waals surface area contributed by atoms with E-state index in [1.54, 1.807) is 25.1 Å². The van der Waals surface area contributed by atoms with Gasteiger partial charge in [0, 0.05) is 5.56 Å². The standard InChI is InChI=1S/C18H20N2O3/c1-12-7-8-16(9-14(12)3)23-11-17(21)20-19-10-15-6-4-5-13(2)18(15)22/h4-10,22H,11H2,1-3H3,(H,20,21). The number of hydrazone groups is 1. The van der Waals surface area contributed by atoms with Crippen LogP contribution < -0.4 is 10.2 Å². The summed E-state index contributed by atoms with van der Waals surface area (Å²) in [6.45, 7) is 5.67. The van der Waals surface area contributed by atoms with Crippen molar-refractivity contribution in [2.75, 3.05) is 6.61 Å². The molecule has 0 fully saturated rings. The van der Waals surface area contributed by atoms with Crippen LogP contribution in [0.2, 0.25) is 0 Å². The van der Waals surface area contributed by atoms with Gasteiger partial charge < -0.3 is 9.84 Å². The number of para-hydroxylation sites is 1. The van der Waals surface area contributed by atoms with E-state index in [-0.39, 0.29) is 18.3 Å². The lowest BCUT2D eigenvalue weighted by molar-refractivity contribution is -0.123. The van der Waals surface area contributed by atoms with Gasteiger partial charge >= 0.3 is 0 Å². The lowest BCUT2D eigenvalue weighted by Gasteiger charge is -2.07. The Hall–Kier alpha value is -2.82. The van der Waals surface area contributed by atoms with Gasteiger partial charge in [-0.3, -0.25) is 4.79 Å². The Labute approximate surface area is 135 Å². The summed E-state index contributed by atoms with van der Waals surface area (Å²) >= 11 is 0. The van der Waals surface area contributed by atoms with Crippen LogP contribution in [-0.4, -0.2) is 23.8 Å². The van der Waals surface area contributed by atoms with E-state index in [4.69, 9.17) is 4.74 Å². The molecule has 0 radical (unpaired) electrons. The third kappa shape index (κ3) is 4.57. The maximum atomic E-state index is 11.7. The molecule has 0 atom stereocenters. The van der Waals surface area contributed by atoms with Crippen LogP contribution in [-0.2, 0) is 4.79 Å². The molecule has 2 aromatic carbocycles. The van der Waals surface area contributed by atoms with Crippen LogP contribution in [0, 0.1) is 20.8 Å². The summed E-state index contributed by atoms with van der Waals surface area (Å²) in [6.07, 6.45) is 1.40. The van der Waals surface area contributed by atoms with Crippen LogP contribution >= 0.6 is 0 Å². The number of amides is 1. The van der Waals surface area contributed by atoms with Crippen molar-refractivity contribution in [1.29, 1.82) is 0 Å². The van der Waals surface area contributed by atoms with E-state index in [9.17, 15) is 9.90 Å². The van der Waals surface area contributed by atoms with E-state index in [0.29, 0.717) is 11.3 Å². The van der Waals surface area contributed by atoms with Gasteiger partial charge in [0.05, 0.1) is 6.21 Å². The number of hydrogen-bond donors (Lipinski definition) is 2. The van der Waals surface area contributed by atoms with Crippen LogP contribution in [0.25, 0.3) is 0 Å². The van der Waals surface area contributed by atoms with Crippen LogP contribution in [0.4, 0.5) is 0 Å². The third-order valence-electron chi connectivity index (χ3n) is 3.51. The van der Waals surface area contributed by atoms with E-state index < -0.39 is 0 Å². The molecular formula is C18H20N2O3. The van der Waals surface area contributed by atoms with Gasteiger partial charge in [-0.25, -0.2) is 5.43 Å². The number of nitrogens with one attached hydrogen (secondary N) is 1. The highest BCUT2D eigenvalue weighted by Crippen LogP contribution is 2.19. The van der Waals surface area contributed by atoms with Crippen molar-refractivity contribution >= 4 is 12.1 Å². The predicted molar refractivity (Wildman–Crippen MR) is 90.0 cm³/mol. The van der Waals surface area contributed by atoms with E-state index in [2.05, 4.69) is 10.5 Å². The Morgan fingerprint density at radius 2 is 1.96 bits per heavy atom. The summed E-state index contributed by atoms with van der Waals surface area (Å²) in [6, 6.07) is 11.0. The highest BCUT2D eigenvalue weighted by Gasteiger charge is 2.04.